The highest BCUT2D eigenvalue weighted by molar-refractivity contribution is 7.47. The molecule has 0 fully saturated rings. The van der Waals surface area contributed by atoms with Gasteiger partial charge in [-0.25, -0.2) is 4.57 Å². The molecule has 8 nitrogen and oxygen atoms in total. The Morgan fingerprint density at radius 1 is 0.375 bits per heavy atom. The Bertz CT molecular complexity index is 1440. The van der Waals surface area contributed by atoms with Crippen molar-refractivity contribution in [3.63, 3.8) is 0 Å². The molecule has 0 bridgehead atoms. The average Bonchev–Trinajstić information content (AvgIpc) is 3.70. The number of unbranched alkanes of at least 4 members (excludes halogenated alkanes) is 61. The molecule has 0 heterocycles. The van der Waals surface area contributed by atoms with Crippen molar-refractivity contribution in [3.05, 3.63) is 12.2 Å². The van der Waals surface area contributed by atoms with Crippen LogP contribution in [0.2, 0.25) is 0 Å². The third-order valence-corrected chi connectivity index (χ3v) is 20.0. The summed E-state index contributed by atoms with van der Waals surface area (Å²) in [4.78, 5) is 23.5. The van der Waals surface area contributed by atoms with Crippen LogP contribution in [0.5, 0.6) is 0 Å². The molecular formula is C79H160N2O6P+. The number of nitrogens with one attached hydrogen (secondary N) is 1. The fourth-order valence-electron chi connectivity index (χ4n) is 12.8. The Kier molecular flexibility index (Phi) is 69.9. The van der Waals surface area contributed by atoms with Crippen LogP contribution in [0.25, 0.3) is 0 Å². The van der Waals surface area contributed by atoms with Gasteiger partial charge in [0.05, 0.1) is 39.9 Å². The molecule has 0 aliphatic carbocycles. The fraction of sp³-hybridized carbons (Fsp3) is 0.962. The van der Waals surface area contributed by atoms with Gasteiger partial charge in [0, 0.05) is 6.42 Å². The van der Waals surface area contributed by atoms with Gasteiger partial charge in [-0.3, -0.25) is 13.8 Å². The number of hydrogen-bond donors (Lipinski definition) is 3. The summed E-state index contributed by atoms with van der Waals surface area (Å²) in [5, 5.41) is 14.2. The quantitative estimate of drug-likeness (QED) is 0.0243. The summed E-state index contributed by atoms with van der Waals surface area (Å²) in [6.07, 6.45) is 92.2. The molecule has 3 atom stereocenters. The van der Waals surface area contributed by atoms with Gasteiger partial charge in [0.25, 0.3) is 0 Å². The first kappa shape index (κ1) is 87.2. The van der Waals surface area contributed by atoms with Crippen LogP contribution in [0.1, 0.15) is 438 Å². The van der Waals surface area contributed by atoms with E-state index in [2.05, 4.69) is 31.3 Å². The van der Waals surface area contributed by atoms with Gasteiger partial charge in [0.2, 0.25) is 5.91 Å². The van der Waals surface area contributed by atoms with Gasteiger partial charge in [0.15, 0.2) is 0 Å². The molecule has 88 heavy (non-hydrogen) atoms. The van der Waals surface area contributed by atoms with Gasteiger partial charge in [-0.2, -0.15) is 0 Å². The van der Waals surface area contributed by atoms with Crippen molar-refractivity contribution in [2.75, 3.05) is 40.9 Å². The van der Waals surface area contributed by atoms with E-state index in [9.17, 15) is 19.4 Å². The third-order valence-electron chi connectivity index (χ3n) is 19.0. The van der Waals surface area contributed by atoms with E-state index in [1.807, 2.05) is 21.1 Å². The molecule has 0 spiro atoms. The van der Waals surface area contributed by atoms with E-state index >= 15 is 0 Å². The van der Waals surface area contributed by atoms with Crippen molar-refractivity contribution in [2.24, 2.45) is 0 Å². The minimum Gasteiger partial charge on any atom is -0.391 e. The number of allylic oxidation sites excluding steroid dienone is 2. The number of aliphatic hydroxyl groups is 1. The predicted molar refractivity (Wildman–Crippen MR) is 388 cm³/mol. The molecule has 0 aliphatic heterocycles. The first-order chi connectivity index (χ1) is 43.0. The minimum absolute atomic E-state index is 0.0789. The highest BCUT2D eigenvalue weighted by atomic mass is 31.2. The summed E-state index contributed by atoms with van der Waals surface area (Å²) in [5.41, 5.74) is 0. The van der Waals surface area contributed by atoms with Gasteiger partial charge in [-0.1, -0.05) is 405 Å². The number of phosphoric acid groups is 1. The molecule has 9 heteroatoms. The topological polar surface area (TPSA) is 105 Å². The molecule has 526 valence electrons. The number of carbonyl (C=O) groups is 1. The van der Waals surface area contributed by atoms with Crippen LogP contribution < -0.4 is 5.32 Å². The van der Waals surface area contributed by atoms with Crippen molar-refractivity contribution in [3.8, 4) is 0 Å². The number of aliphatic hydroxyl groups excluding tert-OH is 1. The van der Waals surface area contributed by atoms with E-state index in [1.54, 1.807) is 0 Å². The monoisotopic (exact) mass is 1260 g/mol. The highest BCUT2D eigenvalue weighted by Crippen LogP contribution is 2.43. The molecular weight excluding hydrogens is 1100 g/mol. The number of rotatable bonds is 76. The summed E-state index contributed by atoms with van der Waals surface area (Å²) in [6.45, 7) is 4.97. The number of carbonyl (C=O) groups excluding carboxylic acids is 1. The zero-order valence-corrected chi connectivity index (χ0v) is 61.4. The maximum Gasteiger partial charge on any atom is 0.472 e. The number of likely N-dealkylation sites (N-methyl/N-ethyl adjacent to an activating group) is 1. The molecule has 0 saturated carbocycles. The van der Waals surface area contributed by atoms with Gasteiger partial charge >= 0.3 is 7.82 Å². The van der Waals surface area contributed by atoms with E-state index in [0.29, 0.717) is 23.9 Å². The molecule has 3 N–H and O–H groups in total. The lowest BCUT2D eigenvalue weighted by Crippen LogP contribution is -2.46. The first-order valence-corrected chi connectivity index (χ1v) is 41.5. The van der Waals surface area contributed by atoms with Crippen LogP contribution in [0.15, 0.2) is 12.2 Å². The first-order valence-electron chi connectivity index (χ1n) is 40.1. The van der Waals surface area contributed by atoms with Crippen LogP contribution in [-0.4, -0.2) is 73.4 Å². The average molecular weight is 1270 g/mol. The zero-order valence-electron chi connectivity index (χ0n) is 60.5. The van der Waals surface area contributed by atoms with Crippen LogP contribution in [0.4, 0.5) is 0 Å². The molecule has 0 aliphatic rings. The molecule has 0 rings (SSSR count). The molecule has 0 aromatic rings. The number of amides is 1. The van der Waals surface area contributed by atoms with Crippen LogP contribution >= 0.6 is 7.82 Å². The summed E-state index contributed by atoms with van der Waals surface area (Å²) in [5.74, 6) is -0.132. The van der Waals surface area contributed by atoms with Crippen molar-refractivity contribution in [1.29, 1.82) is 0 Å². The molecule has 0 aromatic carbocycles. The van der Waals surface area contributed by atoms with Crippen molar-refractivity contribution >= 4 is 13.7 Å². The molecule has 3 unspecified atom stereocenters. The number of hydrogen-bond acceptors (Lipinski definition) is 5. The van der Waals surface area contributed by atoms with Crippen LogP contribution in [0.3, 0.4) is 0 Å². The Hall–Kier alpha value is -0.760. The summed E-state index contributed by atoms with van der Waals surface area (Å²) in [7, 11) is 1.64. The van der Waals surface area contributed by atoms with E-state index < -0.39 is 20.0 Å². The van der Waals surface area contributed by atoms with Crippen molar-refractivity contribution in [2.45, 2.75) is 450 Å². The number of quaternary nitrogens is 1. The Morgan fingerprint density at radius 2 is 0.614 bits per heavy atom. The molecule has 0 saturated heterocycles. The Morgan fingerprint density at radius 3 is 0.875 bits per heavy atom. The van der Waals surface area contributed by atoms with Gasteiger partial charge in [-0.05, 0) is 38.5 Å². The summed E-state index contributed by atoms with van der Waals surface area (Å²) >= 11 is 0. The maximum absolute atomic E-state index is 13.1. The molecule has 0 aromatic heterocycles. The summed E-state index contributed by atoms with van der Waals surface area (Å²) < 4.78 is 24.0. The van der Waals surface area contributed by atoms with Crippen molar-refractivity contribution < 1.29 is 32.9 Å². The predicted octanol–water partition coefficient (Wildman–Crippen LogP) is 26.0. The lowest BCUT2D eigenvalue weighted by molar-refractivity contribution is -0.870. The largest absolute Gasteiger partial charge is 0.472 e. The second kappa shape index (κ2) is 70.6. The minimum atomic E-state index is -4.33. The lowest BCUT2D eigenvalue weighted by atomic mass is 10.0. The smallest absolute Gasteiger partial charge is 0.391 e. The van der Waals surface area contributed by atoms with Crippen LogP contribution in [-0.2, 0) is 18.4 Å². The molecule has 0 radical (unpaired) electrons. The Labute approximate surface area is 552 Å². The second-order valence-electron chi connectivity index (χ2n) is 29.2. The number of nitrogens with zero attached hydrogens (tertiary/aromatic N) is 1. The van der Waals surface area contributed by atoms with E-state index in [0.717, 1.165) is 38.5 Å². The fourth-order valence-corrected chi connectivity index (χ4v) is 13.6. The van der Waals surface area contributed by atoms with Crippen molar-refractivity contribution in [1.82, 2.24) is 5.32 Å². The van der Waals surface area contributed by atoms with E-state index in [-0.39, 0.29) is 19.1 Å². The Balaban J connectivity index is 3.87. The van der Waals surface area contributed by atoms with Gasteiger partial charge < -0.3 is 19.8 Å². The second-order valence-corrected chi connectivity index (χ2v) is 30.6. The van der Waals surface area contributed by atoms with Crippen LogP contribution in [0, 0.1) is 0 Å². The molecule has 1 amide bonds. The highest BCUT2D eigenvalue weighted by Gasteiger charge is 2.28. The van der Waals surface area contributed by atoms with E-state index in [4.69, 9.17) is 9.05 Å². The maximum atomic E-state index is 13.1. The SMILES string of the molecule is CCCCCCCCCC/C=C\CCCCCCCCCCCCCCCCCCCCCCCCCCCCCC(=O)NC(COP(=O)(O)OCC[N+](C)(C)C)C(O)CCCCCCCCCCCCCCCCCCCCCCCCCCCCC. The standard InChI is InChI=1S/C79H159N2O6P/c1-6-8-10-12-14-16-18-20-22-24-26-28-30-32-34-35-36-37-38-39-40-41-42-43-44-45-47-49-51-53-55-57-59-61-63-65-67-69-71-73-79(83)80-77(76-87-88(84,85)86-75-74-81(3,4)5)78(82)72-70-68-66-64-62-60-58-56-54-52-50-48-46-33-31-29-27-25-23-21-19-17-15-13-11-9-7-2/h24,26,77-78,82H,6-23,25,27-76H2,1-5H3,(H-,80,83,84,85)/p+1/b26-24-. The zero-order chi connectivity index (χ0) is 64.1. The number of phosphoric ester groups is 1. The normalized spacial score (nSPS) is 13.5. The van der Waals surface area contributed by atoms with Gasteiger partial charge in [-0.15, -0.1) is 0 Å². The lowest BCUT2D eigenvalue weighted by Gasteiger charge is -2.26. The van der Waals surface area contributed by atoms with E-state index in [1.165, 1.54) is 372 Å². The third kappa shape index (κ3) is 72.7. The van der Waals surface area contributed by atoms with Gasteiger partial charge in [0.1, 0.15) is 13.2 Å². The summed E-state index contributed by atoms with van der Waals surface area (Å²) in [6, 6.07) is -0.759.